The minimum atomic E-state index is -0.387. The molecule has 0 saturated carbocycles. The zero-order valence-corrected chi connectivity index (χ0v) is 16.3. The third-order valence-electron chi connectivity index (χ3n) is 4.66. The summed E-state index contributed by atoms with van der Waals surface area (Å²) in [6, 6.07) is 18.9. The lowest BCUT2D eigenvalue weighted by Gasteiger charge is -2.14. The molecule has 0 amide bonds. The summed E-state index contributed by atoms with van der Waals surface area (Å²) < 4.78 is 1.17. The van der Waals surface area contributed by atoms with Gasteiger partial charge in [-0.2, -0.15) is 0 Å². The normalized spacial score (nSPS) is 11.4. The molecule has 0 atom stereocenters. The first kappa shape index (κ1) is 18.8. The highest BCUT2D eigenvalue weighted by Crippen LogP contribution is 2.31. The van der Waals surface area contributed by atoms with E-state index in [4.69, 9.17) is 11.6 Å². The summed E-state index contributed by atoms with van der Waals surface area (Å²) in [4.78, 5) is 17.4. The molecule has 0 aliphatic heterocycles. The van der Waals surface area contributed by atoms with Gasteiger partial charge in [-0.3, -0.25) is 9.79 Å². The first-order chi connectivity index (χ1) is 14.0. The third kappa shape index (κ3) is 3.37. The molecule has 29 heavy (non-hydrogen) atoms. The summed E-state index contributed by atoms with van der Waals surface area (Å²) in [5.74, 6) is -0.248. The average Bonchev–Trinajstić information content (AvgIpc) is 2.71. The van der Waals surface area contributed by atoms with Crippen molar-refractivity contribution in [1.82, 2.24) is 4.57 Å². The summed E-state index contributed by atoms with van der Waals surface area (Å²) in [5, 5.41) is 22.4. The van der Waals surface area contributed by atoms with Crippen LogP contribution in [0.2, 0.25) is 5.02 Å². The number of hydrogen-bond acceptors (Lipinski definition) is 4. The highest BCUT2D eigenvalue weighted by Gasteiger charge is 2.17. The number of halogens is 1. The molecule has 3 aromatic carbocycles. The van der Waals surface area contributed by atoms with E-state index < -0.39 is 0 Å². The van der Waals surface area contributed by atoms with E-state index in [0.717, 1.165) is 5.56 Å². The number of fused-ring (bicyclic) bond motifs is 1. The van der Waals surface area contributed by atoms with Gasteiger partial charge in [-0.05, 0) is 42.8 Å². The van der Waals surface area contributed by atoms with Gasteiger partial charge in [-0.25, -0.2) is 4.57 Å². The number of hydrogen-bond donors (Lipinski definition) is 2. The molecular weight excluding hydrogens is 388 g/mol. The molecular formula is C23H17ClN2O3. The molecule has 0 radical (unpaired) electrons. The Balaban J connectivity index is 2.00. The Morgan fingerprint density at radius 1 is 0.966 bits per heavy atom. The molecule has 0 aliphatic rings. The van der Waals surface area contributed by atoms with Crippen molar-refractivity contribution in [2.45, 2.75) is 6.92 Å². The number of benzene rings is 3. The van der Waals surface area contributed by atoms with Crippen molar-refractivity contribution >= 4 is 34.3 Å². The summed E-state index contributed by atoms with van der Waals surface area (Å²) in [5.41, 5.74) is 1.59. The van der Waals surface area contributed by atoms with Crippen LogP contribution in [0.1, 0.15) is 11.1 Å². The van der Waals surface area contributed by atoms with Crippen LogP contribution in [-0.2, 0) is 0 Å². The van der Waals surface area contributed by atoms with E-state index in [9.17, 15) is 15.0 Å². The molecule has 4 aromatic rings. The summed E-state index contributed by atoms with van der Waals surface area (Å²) in [7, 11) is 0. The van der Waals surface area contributed by atoms with Gasteiger partial charge in [0.05, 0.1) is 16.3 Å². The number of phenols is 1. The van der Waals surface area contributed by atoms with Crippen molar-refractivity contribution in [3.8, 4) is 17.3 Å². The van der Waals surface area contributed by atoms with E-state index in [0.29, 0.717) is 32.7 Å². The number of nitrogens with zero attached hydrogens (tertiary/aromatic N) is 2. The van der Waals surface area contributed by atoms with Crippen molar-refractivity contribution in [3.05, 3.63) is 93.2 Å². The molecule has 0 bridgehead atoms. The summed E-state index contributed by atoms with van der Waals surface area (Å²) >= 11 is 6.28. The maximum absolute atomic E-state index is 13.1. The molecule has 5 nitrogen and oxygen atoms in total. The van der Waals surface area contributed by atoms with Crippen LogP contribution in [0.4, 0.5) is 5.69 Å². The summed E-state index contributed by atoms with van der Waals surface area (Å²) in [6.07, 6.45) is 1.44. The van der Waals surface area contributed by atoms with Gasteiger partial charge in [-0.15, -0.1) is 0 Å². The predicted octanol–water partition coefficient (Wildman–Crippen LogP) is 5.11. The second kappa shape index (κ2) is 7.45. The van der Waals surface area contributed by atoms with Crippen molar-refractivity contribution in [2.24, 2.45) is 4.99 Å². The van der Waals surface area contributed by atoms with Crippen LogP contribution in [0.5, 0.6) is 11.6 Å². The minimum Gasteiger partial charge on any atom is -0.506 e. The zero-order valence-electron chi connectivity index (χ0n) is 15.5. The fourth-order valence-corrected chi connectivity index (χ4v) is 3.44. The predicted molar refractivity (Wildman–Crippen MR) is 116 cm³/mol. The molecule has 0 spiro atoms. The molecule has 4 rings (SSSR count). The van der Waals surface area contributed by atoms with Crippen molar-refractivity contribution in [1.29, 1.82) is 0 Å². The number of rotatable bonds is 3. The van der Waals surface area contributed by atoms with Crippen LogP contribution in [0.15, 0.2) is 76.5 Å². The molecule has 0 aliphatic carbocycles. The van der Waals surface area contributed by atoms with E-state index in [1.165, 1.54) is 10.8 Å². The SMILES string of the molecule is Cc1ccc(N=Cc2c(O)n(-c3ccccc3Cl)c(=O)c3ccccc23)c(O)c1. The largest absolute Gasteiger partial charge is 0.506 e. The van der Waals surface area contributed by atoms with Gasteiger partial charge in [0.15, 0.2) is 0 Å². The Hall–Kier alpha value is -3.57. The third-order valence-corrected chi connectivity index (χ3v) is 4.98. The monoisotopic (exact) mass is 404 g/mol. The van der Waals surface area contributed by atoms with E-state index in [-0.39, 0.29) is 17.2 Å². The van der Waals surface area contributed by atoms with Crippen LogP contribution in [0, 0.1) is 6.92 Å². The Morgan fingerprint density at radius 3 is 2.38 bits per heavy atom. The quantitative estimate of drug-likeness (QED) is 0.466. The maximum atomic E-state index is 13.1. The average molecular weight is 405 g/mol. The van der Waals surface area contributed by atoms with E-state index in [1.807, 2.05) is 13.0 Å². The zero-order chi connectivity index (χ0) is 20.5. The fraction of sp³-hybridized carbons (Fsp3) is 0.0435. The summed E-state index contributed by atoms with van der Waals surface area (Å²) in [6.45, 7) is 1.87. The number of aromatic hydroxyl groups is 2. The number of aryl methyl sites for hydroxylation is 1. The van der Waals surface area contributed by atoms with Crippen molar-refractivity contribution in [3.63, 3.8) is 0 Å². The van der Waals surface area contributed by atoms with Gasteiger partial charge < -0.3 is 10.2 Å². The van der Waals surface area contributed by atoms with Gasteiger partial charge in [0.1, 0.15) is 11.4 Å². The molecule has 144 valence electrons. The highest BCUT2D eigenvalue weighted by atomic mass is 35.5. The smallest absolute Gasteiger partial charge is 0.265 e. The lowest BCUT2D eigenvalue weighted by Crippen LogP contribution is -2.20. The van der Waals surface area contributed by atoms with Gasteiger partial charge in [-0.1, -0.05) is 48.0 Å². The molecule has 0 unspecified atom stereocenters. The van der Waals surface area contributed by atoms with Crippen LogP contribution >= 0.6 is 11.6 Å². The minimum absolute atomic E-state index is 0.0319. The lowest BCUT2D eigenvalue weighted by molar-refractivity contribution is 0.436. The van der Waals surface area contributed by atoms with Crippen LogP contribution in [0.25, 0.3) is 16.5 Å². The Kier molecular flexibility index (Phi) is 4.82. The number of aromatic nitrogens is 1. The van der Waals surface area contributed by atoms with Crippen molar-refractivity contribution in [2.75, 3.05) is 0 Å². The molecule has 6 heteroatoms. The molecule has 0 fully saturated rings. The fourth-order valence-electron chi connectivity index (χ4n) is 3.22. The Bertz CT molecular complexity index is 1330. The second-order valence-corrected chi connectivity index (χ2v) is 7.03. The van der Waals surface area contributed by atoms with E-state index >= 15 is 0 Å². The first-order valence-corrected chi connectivity index (χ1v) is 9.30. The highest BCUT2D eigenvalue weighted by molar-refractivity contribution is 6.32. The maximum Gasteiger partial charge on any atom is 0.265 e. The number of para-hydroxylation sites is 1. The van der Waals surface area contributed by atoms with E-state index in [1.54, 1.807) is 60.7 Å². The van der Waals surface area contributed by atoms with Gasteiger partial charge in [0.25, 0.3) is 5.56 Å². The number of phenolic OH excluding ortho intramolecular Hbond substituents is 1. The lowest BCUT2D eigenvalue weighted by atomic mass is 10.1. The topological polar surface area (TPSA) is 74.8 Å². The molecule has 1 aromatic heterocycles. The van der Waals surface area contributed by atoms with Crippen LogP contribution < -0.4 is 5.56 Å². The van der Waals surface area contributed by atoms with Crippen LogP contribution in [-0.4, -0.2) is 21.0 Å². The molecule has 2 N–H and O–H groups in total. The van der Waals surface area contributed by atoms with Gasteiger partial charge in [0.2, 0.25) is 5.88 Å². The van der Waals surface area contributed by atoms with Gasteiger partial charge in [0, 0.05) is 17.0 Å². The number of aliphatic imine (C=N–C) groups is 1. The number of pyridine rings is 1. The van der Waals surface area contributed by atoms with E-state index in [2.05, 4.69) is 4.99 Å². The second-order valence-electron chi connectivity index (χ2n) is 6.63. The first-order valence-electron chi connectivity index (χ1n) is 8.92. The van der Waals surface area contributed by atoms with Crippen molar-refractivity contribution < 1.29 is 10.2 Å². The Morgan fingerprint density at radius 2 is 1.66 bits per heavy atom. The Labute approximate surface area is 171 Å². The van der Waals surface area contributed by atoms with Crippen LogP contribution in [0.3, 0.4) is 0 Å². The molecule has 1 heterocycles. The standard InChI is InChI=1S/C23H17ClN2O3/c1-14-10-11-19(21(27)12-14)25-13-17-15-6-2-3-7-16(15)22(28)26(23(17)29)20-9-5-4-8-18(20)24/h2-13,27,29H,1H3. The molecule has 0 saturated heterocycles. The van der Waals surface area contributed by atoms with Gasteiger partial charge >= 0.3 is 0 Å².